The molecule has 0 aliphatic rings. The molecule has 0 aliphatic heterocycles. The van der Waals surface area contributed by atoms with E-state index in [1.807, 2.05) is 0 Å². The lowest BCUT2D eigenvalue weighted by molar-refractivity contribution is -0.139. The van der Waals surface area contributed by atoms with Crippen LogP contribution in [0.25, 0.3) is 0 Å². The number of rotatable bonds is 5. The Kier molecular flexibility index (Phi) is 4.21. The summed E-state index contributed by atoms with van der Waals surface area (Å²) in [4.78, 5) is 20.6. The topological polar surface area (TPSA) is 92.4 Å². The molecule has 5 nitrogen and oxygen atoms in total. The van der Waals surface area contributed by atoms with Gasteiger partial charge in [0.2, 0.25) is 5.91 Å². The highest BCUT2D eigenvalue weighted by Gasteiger charge is 2.14. The van der Waals surface area contributed by atoms with Crippen molar-refractivity contribution in [1.29, 1.82) is 0 Å². The summed E-state index contributed by atoms with van der Waals surface area (Å²) in [6, 6.07) is -0.678. The van der Waals surface area contributed by atoms with Crippen molar-refractivity contribution in [1.82, 2.24) is 5.32 Å². The molecule has 0 saturated heterocycles. The molecule has 0 rings (SSSR count). The number of aliphatic carboxylic acids is 1. The Hall–Kier alpha value is -1.10. The molecule has 5 heteroatoms. The monoisotopic (exact) mass is 160 g/mol. The third-order valence-corrected chi connectivity index (χ3v) is 1.33. The quantitative estimate of drug-likeness (QED) is 0.477. The van der Waals surface area contributed by atoms with Crippen molar-refractivity contribution in [3.8, 4) is 0 Å². The van der Waals surface area contributed by atoms with Crippen LogP contribution < -0.4 is 11.1 Å². The average molecular weight is 160 g/mol. The van der Waals surface area contributed by atoms with Gasteiger partial charge in [-0.3, -0.25) is 9.59 Å². The predicted molar refractivity (Wildman–Crippen MR) is 38.9 cm³/mol. The fourth-order valence-corrected chi connectivity index (χ4v) is 0.678. The normalized spacial score (nSPS) is 12.5. The van der Waals surface area contributed by atoms with Gasteiger partial charge in [0.15, 0.2) is 0 Å². The van der Waals surface area contributed by atoms with Crippen molar-refractivity contribution in [3.63, 3.8) is 0 Å². The van der Waals surface area contributed by atoms with Gasteiger partial charge in [0.1, 0.15) is 6.04 Å². The van der Waals surface area contributed by atoms with Crippen LogP contribution in [0.15, 0.2) is 0 Å². The van der Waals surface area contributed by atoms with Crippen LogP contribution in [-0.2, 0) is 9.59 Å². The van der Waals surface area contributed by atoms with Crippen molar-refractivity contribution >= 4 is 11.9 Å². The lowest BCUT2D eigenvalue weighted by Gasteiger charge is -2.08. The minimum absolute atomic E-state index is 0.0950. The van der Waals surface area contributed by atoms with Gasteiger partial charge in [-0.1, -0.05) is 0 Å². The van der Waals surface area contributed by atoms with Crippen LogP contribution in [0.3, 0.4) is 0 Å². The number of carbonyl (C=O) groups excluding carboxylic acids is 1. The Morgan fingerprint density at radius 3 is 2.45 bits per heavy atom. The SMILES string of the molecule is CN[C@H](CCC(N)=O)C(=O)O. The molecule has 0 bridgehead atoms. The molecule has 0 unspecified atom stereocenters. The van der Waals surface area contributed by atoms with Crippen molar-refractivity contribution in [2.45, 2.75) is 18.9 Å². The number of nitrogens with two attached hydrogens (primary N) is 1. The summed E-state index contributed by atoms with van der Waals surface area (Å²) in [7, 11) is 1.53. The highest BCUT2D eigenvalue weighted by molar-refractivity contribution is 5.77. The van der Waals surface area contributed by atoms with Gasteiger partial charge in [0.05, 0.1) is 0 Å². The number of likely N-dealkylation sites (N-methyl/N-ethyl adjacent to an activating group) is 1. The van der Waals surface area contributed by atoms with E-state index in [0.717, 1.165) is 0 Å². The van der Waals surface area contributed by atoms with E-state index in [-0.39, 0.29) is 12.8 Å². The molecule has 4 N–H and O–H groups in total. The van der Waals surface area contributed by atoms with Crippen LogP contribution in [0.4, 0.5) is 0 Å². The Labute approximate surface area is 64.6 Å². The summed E-state index contributed by atoms with van der Waals surface area (Å²) < 4.78 is 0. The van der Waals surface area contributed by atoms with Crippen LogP contribution >= 0.6 is 0 Å². The lowest BCUT2D eigenvalue weighted by atomic mass is 10.1. The number of hydrogen-bond acceptors (Lipinski definition) is 3. The second-order valence-electron chi connectivity index (χ2n) is 2.18. The van der Waals surface area contributed by atoms with Crippen LogP contribution in [0.2, 0.25) is 0 Å². The first kappa shape index (κ1) is 9.90. The maximum atomic E-state index is 10.3. The summed E-state index contributed by atoms with van der Waals surface area (Å²) in [6.07, 6.45) is 0.332. The van der Waals surface area contributed by atoms with Gasteiger partial charge in [0.25, 0.3) is 0 Å². The summed E-state index contributed by atoms with van der Waals surface area (Å²) in [5.74, 6) is -1.44. The molecule has 0 spiro atoms. The average Bonchev–Trinajstić information content (AvgIpc) is 1.87. The van der Waals surface area contributed by atoms with Crippen molar-refractivity contribution in [2.24, 2.45) is 5.73 Å². The third kappa shape index (κ3) is 4.32. The molecule has 1 amide bonds. The highest BCUT2D eigenvalue weighted by atomic mass is 16.4. The second kappa shape index (κ2) is 4.68. The summed E-state index contributed by atoms with van der Waals surface area (Å²) in [6.45, 7) is 0. The molecule has 0 saturated carbocycles. The molecule has 11 heavy (non-hydrogen) atoms. The Bertz CT molecular complexity index is 158. The summed E-state index contributed by atoms with van der Waals surface area (Å²) >= 11 is 0. The van der Waals surface area contributed by atoms with Gasteiger partial charge in [-0.2, -0.15) is 0 Å². The van der Waals surface area contributed by atoms with E-state index < -0.39 is 17.9 Å². The molecule has 0 aromatic rings. The van der Waals surface area contributed by atoms with E-state index in [0.29, 0.717) is 0 Å². The van der Waals surface area contributed by atoms with Crippen LogP contribution in [0.1, 0.15) is 12.8 Å². The van der Waals surface area contributed by atoms with E-state index in [9.17, 15) is 9.59 Å². The van der Waals surface area contributed by atoms with E-state index in [4.69, 9.17) is 10.8 Å². The Morgan fingerprint density at radius 2 is 2.18 bits per heavy atom. The molecule has 0 fully saturated rings. The van der Waals surface area contributed by atoms with Crippen LogP contribution in [-0.4, -0.2) is 30.1 Å². The third-order valence-electron chi connectivity index (χ3n) is 1.33. The Balaban J connectivity index is 3.70. The van der Waals surface area contributed by atoms with E-state index in [2.05, 4.69) is 5.32 Å². The zero-order chi connectivity index (χ0) is 8.85. The number of carboxylic acid groups (broad SMARTS) is 1. The molecule has 64 valence electrons. The number of nitrogens with one attached hydrogen (secondary N) is 1. The fraction of sp³-hybridized carbons (Fsp3) is 0.667. The number of amides is 1. The van der Waals surface area contributed by atoms with E-state index in [1.165, 1.54) is 7.05 Å². The van der Waals surface area contributed by atoms with Crippen molar-refractivity contribution in [2.75, 3.05) is 7.05 Å². The van der Waals surface area contributed by atoms with E-state index in [1.54, 1.807) is 0 Å². The van der Waals surface area contributed by atoms with E-state index >= 15 is 0 Å². The predicted octanol–water partition coefficient (Wildman–Crippen LogP) is -1.08. The standard InChI is InChI=1S/C6H12N2O3/c1-8-4(6(10)11)2-3-5(7)9/h4,8H,2-3H2,1H3,(H2,7,9)(H,10,11)/t4-/m1/s1. The first-order valence-corrected chi connectivity index (χ1v) is 3.26. The zero-order valence-electron chi connectivity index (χ0n) is 6.33. The van der Waals surface area contributed by atoms with Crippen molar-refractivity contribution < 1.29 is 14.7 Å². The number of hydrogen-bond donors (Lipinski definition) is 3. The first-order valence-electron chi connectivity index (χ1n) is 3.26. The number of carbonyl (C=O) groups is 2. The minimum atomic E-state index is -0.964. The lowest BCUT2D eigenvalue weighted by Crippen LogP contribution is -2.34. The highest BCUT2D eigenvalue weighted by Crippen LogP contribution is 1.95. The smallest absolute Gasteiger partial charge is 0.320 e. The Morgan fingerprint density at radius 1 is 1.64 bits per heavy atom. The van der Waals surface area contributed by atoms with Crippen LogP contribution in [0.5, 0.6) is 0 Å². The molecule has 0 aliphatic carbocycles. The van der Waals surface area contributed by atoms with Gasteiger partial charge in [0, 0.05) is 6.42 Å². The summed E-state index contributed by atoms with van der Waals surface area (Å²) in [5, 5.41) is 11.0. The second-order valence-corrected chi connectivity index (χ2v) is 2.18. The molecule has 0 heterocycles. The van der Waals surface area contributed by atoms with Gasteiger partial charge in [-0.05, 0) is 13.5 Å². The largest absolute Gasteiger partial charge is 0.480 e. The number of primary amides is 1. The molecule has 0 radical (unpaired) electrons. The van der Waals surface area contributed by atoms with Gasteiger partial charge in [-0.25, -0.2) is 0 Å². The minimum Gasteiger partial charge on any atom is -0.480 e. The molecule has 1 atom stereocenters. The maximum Gasteiger partial charge on any atom is 0.320 e. The first-order chi connectivity index (χ1) is 5.07. The summed E-state index contributed by atoms with van der Waals surface area (Å²) in [5.41, 5.74) is 4.84. The number of carboxylic acids is 1. The molecule has 0 aromatic heterocycles. The molecule has 0 aromatic carbocycles. The van der Waals surface area contributed by atoms with Gasteiger partial charge >= 0.3 is 5.97 Å². The van der Waals surface area contributed by atoms with Crippen molar-refractivity contribution in [3.05, 3.63) is 0 Å². The van der Waals surface area contributed by atoms with Gasteiger partial charge in [-0.15, -0.1) is 0 Å². The van der Waals surface area contributed by atoms with Gasteiger partial charge < -0.3 is 16.2 Å². The molecular weight excluding hydrogens is 148 g/mol. The maximum absolute atomic E-state index is 10.3. The fourth-order valence-electron chi connectivity index (χ4n) is 0.678. The van der Waals surface area contributed by atoms with Crippen LogP contribution in [0, 0.1) is 0 Å². The zero-order valence-corrected chi connectivity index (χ0v) is 6.33. The molecular formula is C6H12N2O3.